The number of ketones is 2. The summed E-state index contributed by atoms with van der Waals surface area (Å²) in [6.07, 6.45) is -1.22. The number of rotatable bonds is 6. The minimum absolute atomic E-state index is 0.724. The molecule has 0 radical (unpaired) electrons. The predicted octanol–water partition coefficient (Wildman–Crippen LogP) is 3.61. The molecule has 1 aromatic rings. The van der Waals surface area contributed by atoms with Crippen LogP contribution in [-0.4, -0.2) is 40.1 Å². The van der Waals surface area contributed by atoms with Gasteiger partial charge in [0.05, 0.1) is 11.8 Å². The van der Waals surface area contributed by atoms with E-state index in [1.54, 1.807) is 30.3 Å². The van der Waals surface area contributed by atoms with Gasteiger partial charge in [-0.1, -0.05) is 65.1 Å². The van der Waals surface area contributed by atoms with Gasteiger partial charge in [-0.15, -0.1) is 0 Å². The molecule has 0 spiro atoms. The Labute approximate surface area is 146 Å². The molecule has 0 amide bonds. The van der Waals surface area contributed by atoms with Crippen LogP contribution >= 0.6 is 34.8 Å². The van der Waals surface area contributed by atoms with Crippen LogP contribution in [-0.2, 0) is 9.59 Å². The van der Waals surface area contributed by atoms with E-state index in [1.165, 1.54) is 13.3 Å². The maximum Gasteiger partial charge on any atom is 0.300 e. The molecular weight excluding hydrogens is 373 g/mol. The Bertz CT molecular complexity index is 629. The van der Waals surface area contributed by atoms with Crippen LogP contribution in [0, 0.1) is 0 Å². The van der Waals surface area contributed by atoms with Gasteiger partial charge in [-0.05, 0) is 5.56 Å². The molecule has 1 aromatic carbocycles. The number of carbonyl (C=O) groups excluding carboxylic acids is 2. The van der Waals surface area contributed by atoms with Crippen LogP contribution < -0.4 is 0 Å². The van der Waals surface area contributed by atoms with Crippen molar-refractivity contribution in [3.05, 3.63) is 47.7 Å². The first kappa shape index (κ1) is 19.5. The fourth-order valence-corrected chi connectivity index (χ4v) is 1.73. The second-order valence-corrected chi connectivity index (χ2v) is 6.54. The quantitative estimate of drug-likeness (QED) is 0.188. The van der Waals surface area contributed by atoms with Crippen molar-refractivity contribution in [2.45, 2.75) is 10.2 Å². The SMILES string of the molecule is CN(C=C(C(=O)C(F)F)C(=O)C(Cl)(Cl)Cl)N=Cc1ccccc1. The lowest BCUT2D eigenvalue weighted by Gasteiger charge is -2.14. The summed E-state index contributed by atoms with van der Waals surface area (Å²) in [5.74, 6) is -3.10. The minimum Gasteiger partial charge on any atom is -0.289 e. The predicted molar refractivity (Wildman–Crippen MR) is 86.2 cm³/mol. The zero-order chi connectivity index (χ0) is 17.6. The molecule has 0 bridgehead atoms. The van der Waals surface area contributed by atoms with Gasteiger partial charge in [0.25, 0.3) is 3.79 Å². The van der Waals surface area contributed by atoms with E-state index in [-0.39, 0.29) is 0 Å². The van der Waals surface area contributed by atoms with Crippen molar-refractivity contribution in [3.63, 3.8) is 0 Å². The molecule has 0 aliphatic carbocycles. The molecular formula is C14H11Cl3F2N2O2. The molecule has 1 rings (SSSR count). The first-order valence-electron chi connectivity index (χ1n) is 6.10. The van der Waals surface area contributed by atoms with E-state index in [0.717, 1.165) is 16.8 Å². The highest BCUT2D eigenvalue weighted by atomic mass is 35.6. The molecule has 0 atom stereocenters. The van der Waals surface area contributed by atoms with E-state index >= 15 is 0 Å². The number of allylic oxidation sites excluding steroid dienone is 1. The highest BCUT2D eigenvalue weighted by Crippen LogP contribution is 2.31. The molecule has 0 fully saturated rings. The molecule has 0 aromatic heterocycles. The van der Waals surface area contributed by atoms with Crippen LogP contribution in [0.2, 0.25) is 0 Å². The van der Waals surface area contributed by atoms with Gasteiger partial charge in [0.15, 0.2) is 0 Å². The lowest BCUT2D eigenvalue weighted by atomic mass is 10.1. The van der Waals surface area contributed by atoms with E-state index < -0.39 is 27.4 Å². The van der Waals surface area contributed by atoms with Gasteiger partial charge >= 0.3 is 6.43 Å². The lowest BCUT2D eigenvalue weighted by Crippen LogP contribution is -2.29. The minimum atomic E-state index is -3.41. The number of benzene rings is 1. The molecule has 0 saturated carbocycles. The van der Waals surface area contributed by atoms with Crippen molar-refractivity contribution < 1.29 is 18.4 Å². The first-order chi connectivity index (χ1) is 10.6. The average molecular weight is 384 g/mol. The molecule has 0 saturated heterocycles. The summed E-state index contributed by atoms with van der Waals surface area (Å²) in [5.41, 5.74) is -0.227. The Balaban J connectivity index is 3.06. The third-order valence-corrected chi connectivity index (χ3v) is 2.99. The van der Waals surface area contributed by atoms with Gasteiger partial charge in [-0.3, -0.25) is 14.6 Å². The molecule has 0 aliphatic rings. The van der Waals surface area contributed by atoms with E-state index in [1.807, 2.05) is 0 Å². The van der Waals surface area contributed by atoms with Crippen LogP contribution in [0.25, 0.3) is 0 Å². The van der Waals surface area contributed by atoms with Gasteiger partial charge < -0.3 is 0 Å². The van der Waals surface area contributed by atoms with E-state index in [9.17, 15) is 18.4 Å². The molecule has 23 heavy (non-hydrogen) atoms. The van der Waals surface area contributed by atoms with Crippen LogP contribution in [0.15, 0.2) is 47.2 Å². The van der Waals surface area contributed by atoms with Crippen molar-refractivity contribution in [3.8, 4) is 0 Å². The number of Topliss-reactive ketones (excluding diaryl/α,β-unsaturated/α-hetero) is 2. The fraction of sp³-hybridized carbons (Fsp3) is 0.214. The molecule has 0 aliphatic heterocycles. The van der Waals surface area contributed by atoms with Crippen molar-refractivity contribution in [2.24, 2.45) is 5.10 Å². The van der Waals surface area contributed by atoms with E-state index in [0.29, 0.717) is 0 Å². The number of hydrazone groups is 1. The van der Waals surface area contributed by atoms with Crippen molar-refractivity contribution in [1.29, 1.82) is 0 Å². The lowest BCUT2D eigenvalue weighted by molar-refractivity contribution is -0.128. The molecule has 0 N–H and O–H groups in total. The third-order valence-electron chi connectivity index (χ3n) is 2.47. The smallest absolute Gasteiger partial charge is 0.289 e. The molecule has 124 valence electrons. The summed E-state index contributed by atoms with van der Waals surface area (Å²) in [4.78, 5) is 23.3. The summed E-state index contributed by atoms with van der Waals surface area (Å²) in [6, 6.07) is 8.85. The summed E-state index contributed by atoms with van der Waals surface area (Å²) in [6.45, 7) is 0. The number of nitrogens with zero attached hydrogens (tertiary/aromatic N) is 2. The van der Waals surface area contributed by atoms with Gasteiger partial charge in [-0.2, -0.15) is 5.10 Å². The highest BCUT2D eigenvalue weighted by molar-refractivity contribution is 6.78. The van der Waals surface area contributed by atoms with Crippen LogP contribution in [0.4, 0.5) is 8.78 Å². The normalized spacial score (nSPS) is 12.7. The summed E-state index contributed by atoms with van der Waals surface area (Å²) in [5, 5.41) is 4.89. The second kappa shape index (κ2) is 8.38. The Kier molecular flexibility index (Phi) is 7.12. The fourth-order valence-electron chi connectivity index (χ4n) is 1.42. The van der Waals surface area contributed by atoms with Crippen LogP contribution in [0.5, 0.6) is 0 Å². The second-order valence-electron chi connectivity index (χ2n) is 4.26. The number of hydrogen-bond donors (Lipinski definition) is 0. The molecule has 0 heterocycles. The molecule has 0 unspecified atom stereocenters. The highest BCUT2D eigenvalue weighted by Gasteiger charge is 2.38. The molecule has 4 nitrogen and oxygen atoms in total. The van der Waals surface area contributed by atoms with Gasteiger partial charge in [0, 0.05) is 13.2 Å². The van der Waals surface area contributed by atoms with Gasteiger partial charge in [0.1, 0.15) is 0 Å². The third kappa shape index (κ3) is 6.25. The topological polar surface area (TPSA) is 49.7 Å². The Morgan fingerprint density at radius 2 is 1.78 bits per heavy atom. The van der Waals surface area contributed by atoms with Crippen LogP contribution in [0.3, 0.4) is 0 Å². The number of alkyl halides is 5. The van der Waals surface area contributed by atoms with E-state index in [2.05, 4.69) is 5.10 Å². The monoisotopic (exact) mass is 382 g/mol. The Morgan fingerprint density at radius 3 is 2.26 bits per heavy atom. The maximum absolute atomic E-state index is 12.6. The van der Waals surface area contributed by atoms with E-state index in [4.69, 9.17) is 34.8 Å². The largest absolute Gasteiger partial charge is 0.300 e. The Morgan fingerprint density at radius 1 is 1.22 bits per heavy atom. The van der Waals surface area contributed by atoms with Gasteiger partial charge in [-0.25, -0.2) is 8.78 Å². The Hall–Kier alpha value is -1.50. The number of halogens is 5. The number of hydrogen-bond acceptors (Lipinski definition) is 4. The summed E-state index contributed by atoms with van der Waals surface area (Å²) < 4.78 is 22.7. The van der Waals surface area contributed by atoms with Crippen molar-refractivity contribution in [1.82, 2.24) is 5.01 Å². The van der Waals surface area contributed by atoms with Crippen LogP contribution in [0.1, 0.15) is 5.56 Å². The zero-order valence-electron chi connectivity index (χ0n) is 11.7. The van der Waals surface area contributed by atoms with Crippen molar-refractivity contribution >= 4 is 52.6 Å². The summed E-state index contributed by atoms with van der Waals surface area (Å²) >= 11 is 16.1. The zero-order valence-corrected chi connectivity index (χ0v) is 14.0. The first-order valence-corrected chi connectivity index (χ1v) is 7.24. The average Bonchev–Trinajstić information content (AvgIpc) is 2.49. The standard InChI is InChI=1S/C14H11Cl3F2N2O2/c1-21(20-7-9-5-3-2-4-6-9)8-10(11(22)13(18)19)12(23)14(15,16)17/h2-8,13H,1H3. The number of carbonyl (C=O) groups is 2. The molecule has 9 heteroatoms. The summed E-state index contributed by atoms with van der Waals surface area (Å²) in [7, 11) is 1.34. The maximum atomic E-state index is 12.6. The van der Waals surface area contributed by atoms with Crippen molar-refractivity contribution in [2.75, 3.05) is 7.05 Å². The van der Waals surface area contributed by atoms with Gasteiger partial charge in [0.2, 0.25) is 11.6 Å².